The van der Waals surface area contributed by atoms with Crippen LogP contribution in [0.4, 0.5) is 0 Å². The first-order chi connectivity index (χ1) is 10.3. The number of amides is 1. The first-order valence-electron chi connectivity index (χ1n) is 7.68. The predicted octanol–water partition coefficient (Wildman–Crippen LogP) is 2.65. The first-order valence-corrected chi connectivity index (χ1v) is 8.56. The van der Waals surface area contributed by atoms with Crippen LogP contribution in [0, 0.1) is 0 Å². The van der Waals surface area contributed by atoms with Gasteiger partial charge in [-0.2, -0.15) is 0 Å². The molecule has 0 saturated carbocycles. The first kappa shape index (κ1) is 13.2. The van der Waals surface area contributed by atoms with E-state index in [2.05, 4.69) is 15.2 Å². The summed E-state index contributed by atoms with van der Waals surface area (Å²) in [6.45, 7) is 2.20. The highest BCUT2D eigenvalue weighted by atomic mass is 32.1. The van der Waals surface area contributed by atoms with Crippen LogP contribution >= 0.6 is 11.3 Å². The number of thiazole rings is 1. The Balaban J connectivity index is 1.51. The van der Waals surface area contributed by atoms with Crippen LogP contribution in [0.3, 0.4) is 0 Å². The second kappa shape index (κ2) is 5.39. The number of fused-ring (bicyclic) bond motifs is 2. The van der Waals surface area contributed by atoms with Crippen LogP contribution in [0.2, 0.25) is 0 Å². The number of hydrogen-bond acceptors (Lipinski definition) is 4. The molecule has 5 heteroatoms. The van der Waals surface area contributed by atoms with Gasteiger partial charge >= 0.3 is 0 Å². The fourth-order valence-electron chi connectivity index (χ4n) is 3.48. The van der Waals surface area contributed by atoms with Gasteiger partial charge in [-0.05, 0) is 44.4 Å². The largest absolute Gasteiger partial charge is 0.348 e. The minimum absolute atomic E-state index is 0.0498. The minimum Gasteiger partial charge on any atom is -0.348 e. The average molecular weight is 301 g/mol. The van der Waals surface area contributed by atoms with Crippen LogP contribution in [0.5, 0.6) is 0 Å². The van der Waals surface area contributed by atoms with Gasteiger partial charge in [0.15, 0.2) is 0 Å². The summed E-state index contributed by atoms with van der Waals surface area (Å²) < 4.78 is 0.991. The van der Waals surface area contributed by atoms with Crippen molar-refractivity contribution in [2.24, 2.45) is 0 Å². The molecule has 0 aliphatic carbocycles. The molecule has 0 bridgehead atoms. The maximum atomic E-state index is 12.6. The van der Waals surface area contributed by atoms with Crippen molar-refractivity contribution in [3.05, 3.63) is 29.3 Å². The Hall–Kier alpha value is -1.46. The maximum absolute atomic E-state index is 12.6. The molecule has 2 saturated heterocycles. The number of aromatic nitrogens is 1. The standard InChI is InChI=1S/C16H19N3OS/c20-16(13-5-2-6-14-15(13)21-10-17-14)18-11-3-1-4-12-7-8-19(12)9-11/h2,5-6,10-12H,1,3-4,7-9H2,(H,18,20)/t11-,12?/m0/s1. The van der Waals surface area contributed by atoms with Crippen molar-refractivity contribution < 1.29 is 4.79 Å². The van der Waals surface area contributed by atoms with E-state index < -0.39 is 0 Å². The zero-order valence-corrected chi connectivity index (χ0v) is 12.7. The topological polar surface area (TPSA) is 45.2 Å². The Morgan fingerprint density at radius 3 is 3.14 bits per heavy atom. The predicted molar refractivity (Wildman–Crippen MR) is 84.7 cm³/mol. The summed E-state index contributed by atoms with van der Waals surface area (Å²) >= 11 is 1.54. The van der Waals surface area contributed by atoms with E-state index in [0.717, 1.165) is 34.8 Å². The molecule has 2 aliphatic rings. The number of rotatable bonds is 2. The van der Waals surface area contributed by atoms with Crippen LogP contribution in [0.1, 0.15) is 36.0 Å². The Morgan fingerprint density at radius 1 is 1.33 bits per heavy atom. The number of carbonyl (C=O) groups excluding carboxylic acids is 1. The highest BCUT2D eigenvalue weighted by Crippen LogP contribution is 2.27. The van der Waals surface area contributed by atoms with E-state index >= 15 is 0 Å². The van der Waals surface area contributed by atoms with Crippen molar-refractivity contribution in [2.75, 3.05) is 13.1 Å². The molecule has 1 amide bonds. The third-order valence-electron chi connectivity index (χ3n) is 4.75. The molecular formula is C16H19N3OS. The van der Waals surface area contributed by atoms with Crippen LogP contribution < -0.4 is 5.32 Å². The van der Waals surface area contributed by atoms with E-state index in [1.54, 1.807) is 5.51 Å². The van der Waals surface area contributed by atoms with Crippen LogP contribution in [0.25, 0.3) is 10.2 Å². The highest BCUT2D eigenvalue weighted by Gasteiger charge is 2.32. The Kier molecular flexibility index (Phi) is 3.39. The molecule has 0 spiro atoms. The Morgan fingerprint density at radius 2 is 2.29 bits per heavy atom. The number of nitrogens with one attached hydrogen (secondary N) is 1. The quantitative estimate of drug-likeness (QED) is 0.927. The number of carbonyl (C=O) groups is 1. The van der Waals surface area contributed by atoms with E-state index in [4.69, 9.17) is 0 Å². The zero-order valence-electron chi connectivity index (χ0n) is 11.9. The molecule has 2 fully saturated rings. The van der Waals surface area contributed by atoms with E-state index in [1.807, 2.05) is 18.2 Å². The lowest BCUT2D eigenvalue weighted by Gasteiger charge is -2.40. The number of nitrogens with zero attached hydrogens (tertiary/aromatic N) is 2. The summed E-state index contributed by atoms with van der Waals surface area (Å²) in [5.74, 6) is 0.0498. The van der Waals surface area contributed by atoms with Gasteiger partial charge in [0.05, 0.1) is 21.3 Å². The van der Waals surface area contributed by atoms with E-state index in [0.29, 0.717) is 0 Å². The van der Waals surface area contributed by atoms with Gasteiger partial charge in [-0.15, -0.1) is 11.3 Å². The van der Waals surface area contributed by atoms with Crippen molar-refractivity contribution in [3.63, 3.8) is 0 Å². The lowest BCUT2D eigenvalue weighted by atomic mass is 10.00. The van der Waals surface area contributed by atoms with Gasteiger partial charge in [0.25, 0.3) is 5.91 Å². The summed E-state index contributed by atoms with van der Waals surface area (Å²) in [5, 5.41) is 3.24. The average Bonchev–Trinajstić information content (AvgIpc) is 2.90. The molecular weight excluding hydrogens is 282 g/mol. The summed E-state index contributed by atoms with van der Waals surface area (Å²) in [7, 11) is 0. The Bertz CT molecular complexity index is 668. The molecule has 2 atom stereocenters. The van der Waals surface area contributed by atoms with Crippen LogP contribution in [-0.4, -0.2) is 41.0 Å². The van der Waals surface area contributed by atoms with Gasteiger partial charge in [0, 0.05) is 18.6 Å². The molecule has 4 nitrogen and oxygen atoms in total. The van der Waals surface area contributed by atoms with Crippen molar-refractivity contribution in [1.82, 2.24) is 15.2 Å². The highest BCUT2D eigenvalue weighted by molar-refractivity contribution is 7.17. The summed E-state index contributed by atoms with van der Waals surface area (Å²) in [5.41, 5.74) is 3.48. The molecule has 4 rings (SSSR count). The molecule has 110 valence electrons. The van der Waals surface area contributed by atoms with Crippen LogP contribution in [-0.2, 0) is 0 Å². The van der Waals surface area contributed by atoms with Crippen molar-refractivity contribution >= 4 is 27.5 Å². The summed E-state index contributed by atoms with van der Waals surface area (Å²) in [4.78, 5) is 19.4. The van der Waals surface area contributed by atoms with Gasteiger partial charge < -0.3 is 5.32 Å². The Labute approximate surface area is 128 Å². The molecule has 21 heavy (non-hydrogen) atoms. The SMILES string of the molecule is O=C(N[C@H]1CCCC2CCN2C1)c1cccc2ncsc12. The van der Waals surface area contributed by atoms with E-state index in [-0.39, 0.29) is 11.9 Å². The zero-order chi connectivity index (χ0) is 14.2. The fraction of sp³-hybridized carbons (Fsp3) is 0.500. The third kappa shape index (κ3) is 2.45. The van der Waals surface area contributed by atoms with Crippen molar-refractivity contribution in [1.29, 1.82) is 0 Å². The molecule has 1 unspecified atom stereocenters. The smallest absolute Gasteiger partial charge is 0.253 e. The van der Waals surface area contributed by atoms with Gasteiger partial charge in [-0.1, -0.05) is 6.07 Å². The van der Waals surface area contributed by atoms with Gasteiger partial charge in [-0.3, -0.25) is 9.69 Å². The molecule has 3 heterocycles. The third-order valence-corrected chi connectivity index (χ3v) is 5.62. The molecule has 1 aromatic heterocycles. The lowest BCUT2D eigenvalue weighted by Crippen LogP contribution is -2.52. The molecule has 1 aromatic carbocycles. The second-order valence-corrected chi connectivity index (χ2v) is 6.90. The van der Waals surface area contributed by atoms with Crippen molar-refractivity contribution in [2.45, 2.75) is 37.8 Å². The molecule has 2 aliphatic heterocycles. The van der Waals surface area contributed by atoms with Gasteiger partial charge in [-0.25, -0.2) is 4.98 Å². The maximum Gasteiger partial charge on any atom is 0.253 e. The van der Waals surface area contributed by atoms with Gasteiger partial charge in [0.2, 0.25) is 0 Å². The fourth-order valence-corrected chi connectivity index (χ4v) is 4.28. The van der Waals surface area contributed by atoms with Crippen LogP contribution in [0.15, 0.2) is 23.7 Å². The van der Waals surface area contributed by atoms with E-state index in [9.17, 15) is 4.79 Å². The summed E-state index contributed by atoms with van der Waals surface area (Å²) in [6, 6.07) is 6.83. The van der Waals surface area contributed by atoms with Crippen molar-refractivity contribution in [3.8, 4) is 0 Å². The molecule has 1 N–H and O–H groups in total. The van der Waals surface area contributed by atoms with Gasteiger partial charge in [0.1, 0.15) is 0 Å². The van der Waals surface area contributed by atoms with E-state index in [1.165, 1.54) is 37.1 Å². The number of benzene rings is 1. The monoisotopic (exact) mass is 301 g/mol. The lowest BCUT2D eigenvalue weighted by molar-refractivity contribution is 0.0789. The summed E-state index contributed by atoms with van der Waals surface area (Å²) in [6.07, 6.45) is 4.94. The molecule has 2 aromatic rings. The second-order valence-electron chi connectivity index (χ2n) is 6.04. The minimum atomic E-state index is 0.0498. The molecule has 0 radical (unpaired) electrons. The number of hydrogen-bond donors (Lipinski definition) is 1. The normalized spacial score (nSPS) is 25.9.